The SMILES string of the molecule is CC1CC(=NCC(=O)c2cccc(S(=O)(=O)N3CCOCC3)c2)c2c(O)ccc(Cl)c21. The third kappa shape index (κ3) is 4.25. The number of halogens is 1. The van der Waals surface area contributed by atoms with E-state index in [9.17, 15) is 18.3 Å². The molecule has 31 heavy (non-hydrogen) atoms. The van der Waals surface area contributed by atoms with Crippen LogP contribution in [0.3, 0.4) is 0 Å². The van der Waals surface area contributed by atoms with Gasteiger partial charge >= 0.3 is 0 Å². The summed E-state index contributed by atoms with van der Waals surface area (Å²) < 4.78 is 32.3. The molecule has 0 saturated carbocycles. The highest BCUT2D eigenvalue weighted by Crippen LogP contribution is 2.42. The van der Waals surface area contributed by atoms with Crippen LogP contribution in [0.15, 0.2) is 46.3 Å². The molecule has 164 valence electrons. The second kappa shape index (κ2) is 8.70. The highest BCUT2D eigenvalue weighted by Gasteiger charge is 2.30. The lowest BCUT2D eigenvalue weighted by atomic mass is 10.0. The topological polar surface area (TPSA) is 96.3 Å². The first kappa shape index (κ1) is 22.0. The molecule has 1 saturated heterocycles. The Labute approximate surface area is 186 Å². The van der Waals surface area contributed by atoms with Crippen LogP contribution in [0.1, 0.15) is 40.7 Å². The zero-order valence-electron chi connectivity index (χ0n) is 17.0. The highest BCUT2D eigenvalue weighted by atomic mass is 35.5. The number of aromatic hydroxyl groups is 1. The molecule has 2 aromatic rings. The van der Waals surface area contributed by atoms with Crippen LogP contribution in [0.5, 0.6) is 5.75 Å². The average Bonchev–Trinajstić information content (AvgIpc) is 3.12. The van der Waals surface area contributed by atoms with Gasteiger partial charge in [0, 0.05) is 35.0 Å². The van der Waals surface area contributed by atoms with E-state index in [1.54, 1.807) is 18.2 Å². The molecule has 0 bridgehead atoms. The summed E-state index contributed by atoms with van der Waals surface area (Å²) in [5, 5.41) is 10.8. The number of sulfonamides is 1. The number of hydrogen-bond acceptors (Lipinski definition) is 6. The van der Waals surface area contributed by atoms with Crippen LogP contribution in [0.2, 0.25) is 5.02 Å². The molecule has 2 aliphatic rings. The van der Waals surface area contributed by atoms with Gasteiger partial charge in [-0.05, 0) is 42.2 Å². The summed E-state index contributed by atoms with van der Waals surface area (Å²) in [6, 6.07) is 9.21. The predicted molar refractivity (Wildman–Crippen MR) is 118 cm³/mol. The minimum Gasteiger partial charge on any atom is -0.507 e. The van der Waals surface area contributed by atoms with Gasteiger partial charge in [0.05, 0.1) is 18.1 Å². The smallest absolute Gasteiger partial charge is 0.243 e. The van der Waals surface area contributed by atoms with Crippen molar-refractivity contribution in [1.29, 1.82) is 0 Å². The van der Waals surface area contributed by atoms with Gasteiger partial charge in [-0.3, -0.25) is 9.79 Å². The first-order valence-corrected chi connectivity index (χ1v) is 11.9. The third-order valence-corrected chi connectivity index (χ3v) is 7.85. The van der Waals surface area contributed by atoms with Crippen LogP contribution in [0.25, 0.3) is 0 Å². The van der Waals surface area contributed by atoms with Gasteiger partial charge in [0.25, 0.3) is 0 Å². The Morgan fingerprint density at radius 2 is 2.00 bits per heavy atom. The van der Waals surface area contributed by atoms with Gasteiger partial charge in [-0.15, -0.1) is 0 Å². The monoisotopic (exact) mass is 462 g/mol. The summed E-state index contributed by atoms with van der Waals surface area (Å²) in [6.07, 6.45) is 0.575. The zero-order valence-corrected chi connectivity index (χ0v) is 18.6. The van der Waals surface area contributed by atoms with Gasteiger partial charge in [-0.1, -0.05) is 30.7 Å². The number of benzene rings is 2. The van der Waals surface area contributed by atoms with Crippen molar-refractivity contribution in [2.24, 2.45) is 4.99 Å². The van der Waals surface area contributed by atoms with Gasteiger partial charge in [0.15, 0.2) is 5.78 Å². The Hall–Kier alpha value is -2.26. The van der Waals surface area contributed by atoms with Crippen LogP contribution in [-0.2, 0) is 14.8 Å². The molecule has 1 heterocycles. The van der Waals surface area contributed by atoms with Gasteiger partial charge in [-0.2, -0.15) is 4.31 Å². The molecule has 0 spiro atoms. The average molecular weight is 463 g/mol. The molecule has 2 aromatic carbocycles. The zero-order chi connectivity index (χ0) is 22.2. The number of carbonyl (C=O) groups is 1. The predicted octanol–water partition coefficient (Wildman–Crippen LogP) is 3.25. The lowest BCUT2D eigenvalue weighted by molar-refractivity contribution is 0.0730. The lowest BCUT2D eigenvalue weighted by Crippen LogP contribution is -2.40. The number of phenolic OH excluding ortho intramolecular Hbond substituents is 1. The van der Waals surface area contributed by atoms with Crippen LogP contribution in [0.4, 0.5) is 0 Å². The summed E-state index contributed by atoms with van der Waals surface area (Å²) in [6.45, 7) is 3.14. The molecular weight excluding hydrogens is 440 g/mol. The van der Waals surface area contributed by atoms with Crippen LogP contribution < -0.4 is 0 Å². The number of fused-ring (bicyclic) bond motifs is 1. The van der Waals surface area contributed by atoms with E-state index in [0.29, 0.717) is 35.9 Å². The molecule has 0 amide bonds. The molecular formula is C22H23ClN2O5S. The number of hydrogen-bond donors (Lipinski definition) is 1. The molecule has 1 fully saturated rings. The Morgan fingerprint density at radius 1 is 1.26 bits per heavy atom. The van der Waals surface area contributed by atoms with E-state index in [2.05, 4.69) is 4.99 Å². The number of Topliss-reactive ketones (excluding diaryl/α,β-unsaturated/α-hetero) is 1. The van der Waals surface area contributed by atoms with Crippen molar-refractivity contribution in [2.75, 3.05) is 32.8 Å². The van der Waals surface area contributed by atoms with Gasteiger partial charge in [0.2, 0.25) is 10.0 Å². The summed E-state index contributed by atoms with van der Waals surface area (Å²) in [5.74, 6) is -0.117. The van der Waals surface area contributed by atoms with Crippen molar-refractivity contribution in [3.8, 4) is 5.75 Å². The molecule has 9 heteroatoms. The molecule has 7 nitrogen and oxygen atoms in total. The summed E-state index contributed by atoms with van der Waals surface area (Å²) in [5.41, 5.74) is 2.34. The molecule has 1 aliphatic carbocycles. The Bertz CT molecular complexity index is 1160. The quantitative estimate of drug-likeness (QED) is 0.688. The first-order chi connectivity index (χ1) is 14.8. The van der Waals surface area contributed by atoms with Crippen molar-refractivity contribution in [1.82, 2.24) is 4.31 Å². The Balaban J connectivity index is 1.56. The molecule has 4 rings (SSSR count). The summed E-state index contributed by atoms with van der Waals surface area (Å²) in [4.78, 5) is 17.3. The fraction of sp³-hybridized carbons (Fsp3) is 0.364. The molecule has 0 radical (unpaired) electrons. The standard InChI is InChI=1S/C22H23ClN2O5S/c1-14-11-18(22-19(26)6-5-17(23)21(14)22)24-13-20(27)15-3-2-4-16(12-15)31(28,29)25-7-9-30-10-8-25/h2-6,12,14,26H,7-11,13H2,1H3. The number of morpholine rings is 1. The Morgan fingerprint density at radius 3 is 2.74 bits per heavy atom. The van der Waals surface area contributed by atoms with E-state index >= 15 is 0 Å². The van der Waals surface area contributed by atoms with Crippen molar-refractivity contribution in [3.63, 3.8) is 0 Å². The molecule has 1 atom stereocenters. The van der Waals surface area contributed by atoms with Crippen LogP contribution >= 0.6 is 11.6 Å². The maximum absolute atomic E-state index is 12.9. The number of ketones is 1. The minimum atomic E-state index is -3.69. The van der Waals surface area contributed by atoms with Gasteiger partial charge in [-0.25, -0.2) is 8.42 Å². The second-order valence-electron chi connectivity index (χ2n) is 7.69. The number of phenols is 1. The van der Waals surface area contributed by atoms with E-state index in [0.717, 1.165) is 5.56 Å². The minimum absolute atomic E-state index is 0.0807. The largest absolute Gasteiger partial charge is 0.507 e. The van der Waals surface area contributed by atoms with Crippen molar-refractivity contribution in [2.45, 2.75) is 24.2 Å². The van der Waals surface area contributed by atoms with Crippen molar-refractivity contribution >= 4 is 33.1 Å². The van der Waals surface area contributed by atoms with Crippen LogP contribution in [0, 0.1) is 0 Å². The highest BCUT2D eigenvalue weighted by molar-refractivity contribution is 7.89. The van der Waals surface area contributed by atoms with Crippen LogP contribution in [-0.4, -0.2) is 62.2 Å². The van der Waals surface area contributed by atoms with Gasteiger partial charge < -0.3 is 9.84 Å². The molecule has 1 aliphatic heterocycles. The van der Waals surface area contributed by atoms with E-state index < -0.39 is 10.0 Å². The van der Waals surface area contributed by atoms with E-state index in [4.69, 9.17) is 16.3 Å². The fourth-order valence-electron chi connectivity index (χ4n) is 4.03. The van der Waals surface area contributed by atoms with Gasteiger partial charge in [0.1, 0.15) is 12.3 Å². The maximum atomic E-state index is 12.9. The Kier molecular flexibility index (Phi) is 6.16. The molecule has 1 N–H and O–H groups in total. The molecule has 0 aromatic heterocycles. The maximum Gasteiger partial charge on any atom is 0.243 e. The molecule has 1 unspecified atom stereocenters. The number of aliphatic imine (C=N–C) groups is 1. The summed E-state index contributed by atoms with van der Waals surface area (Å²) >= 11 is 6.28. The second-order valence-corrected chi connectivity index (χ2v) is 10.0. The van der Waals surface area contributed by atoms with E-state index in [-0.39, 0.29) is 47.5 Å². The summed E-state index contributed by atoms with van der Waals surface area (Å²) in [7, 11) is -3.69. The third-order valence-electron chi connectivity index (χ3n) is 5.63. The number of rotatable bonds is 5. The fourth-order valence-corrected chi connectivity index (χ4v) is 5.83. The normalized spacial score (nSPS) is 20.7. The first-order valence-electron chi connectivity index (χ1n) is 10.0. The van der Waals surface area contributed by atoms with E-state index in [1.165, 1.54) is 22.5 Å². The van der Waals surface area contributed by atoms with Crippen molar-refractivity contribution in [3.05, 3.63) is 58.1 Å². The number of nitrogens with zero attached hydrogens (tertiary/aromatic N) is 2. The van der Waals surface area contributed by atoms with E-state index in [1.807, 2.05) is 6.92 Å². The number of carbonyl (C=O) groups excluding carboxylic acids is 1. The van der Waals surface area contributed by atoms with Crippen molar-refractivity contribution < 1.29 is 23.1 Å². The number of ether oxygens (including phenoxy) is 1. The lowest BCUT2D eigenvalue weighted by Gasteiger charge is -2.26.